The standard InChI is InChI=1S/C15H16BrNO2S/c1-10-3-8-14(20-10)13(19-2)9-17-15(18)11-4-6-12(16)7-5-11/h3-8,13H,9H2,1-2H3,(H,17,18). The molecule has 106 valence electrons. The van der Waals surface area contributed by atoms with E-state index in [1.807, 2.05) is 18.2 Å². The number of rotatable bonds is 5. The highest BCUT2D eigenvalue weighted by Crippen LogP contribution is 2.24. The van der Waals surface area contributed by atoms with E-state index >= 15 is 0 Å². The monoisotopic (exact) mass is 353 g/mol. The van der Waals surface area contributed by atoms with Crippen molar-refractivity contribution in [2.24, 2.45) is 0 Å². The first kappa shape index (κ1) is 15.2. The Morgan fingerprint density at radius 3 is 2.55 bits per heavy atom. The molecule has 1 heterocycles. The van der Waals surface area contributed by atoms with Crippen LogP contribution in [-0.2, 0) is 4.74 Å². The maximum absolute atomic E-state index is 12.0. The summed E-state index contributed by atoms with van der Waals surface area (Å²) >= 11 is 5.04. The second-order valence-corrected chi connectivity index (χ2v) is 6.62. The number of thiophene rings is 1. The van der Waals surface area contributed by atoms with E-state index < -0.39 is 0 Å². The lowest BCUT2D eigenvalue weighted by Gasteiger charge is -2.14. The van der Waals surface area contributed by atoms with Gasteiger partial charge in [-0.25, -0.2) is 0 Å². The largest absolute Gasteiger partial charge is 0.374 e. The van der Waals surface area contributed by atoms with Crippen molar-refractivity contribution in [1.29, 1.82) is 0 Å². The zero-order valence-electron chi connectivity index (χ0n) is 11.4. The Morgan fingerprint density at radius 1 is 1.30 bits per heavy atom. The molecule has 20 heavy (non-hydrogen) atoms. The quantitative estimate of drug-likeness (QED) is 0.883. The summed E-state index contributed by atoms with van der Waals surface area (Å²) in [7, 11) is 1.66. The Morgan fingerprint density at radius 2 is 2.00 bits per heavy atom. The molecule has 0 aliphatic rings. The number of carbonyl (C=O) groups is 1. The summed E-state index contributed by atoms with van der Waals surface area (Å²) < 4.78 is 6.40. The molecule has 1 atom stereocenters. The minimum Gasteiger partial charge on any atom is -0.374 e. The van der Waals surface area contributed by atoms with Crippen LogP contribution in [-0.4, -0.2) is 19.6 Å². The molecule has 3 nitrogen and oxygen atoms in total. The van der Waals surface area contributed by atoms with Crippen molar-refractivity contribution in [2.45, 2.75) is 13.0 Å². The zero-order chi connectivity index (χ0) is 14.5. The van der Waals surface area contributed by atoms with Crippen LogP contribution in [0.3, 0.4) is 0 Å². The molecule has 0 aliphatic carbocycles. The Balaban J connectivity index is 1.96. The fraction of sp³-hybridized carbons (Fsp3) is 0.267. The SMILES string of the molecule is COC(CNC(=O)c1ccc(Br)cc1)c1ccc(C)s1. The lowest BCUT2D eigenvalue weighted by Crippen LogP contribution is -2.28. The Hall–Kier alpha value is -1.17. The molecule has 0 bridgehead atoms. The molecule has 1 aromatic heterocycles. The number of aryl methyl sites for hydroxylation is 1. The molecular formula is C15H16BrNO2S. The predicted molar refractivity (Wildman–Crippen MR) is 85.3 cm³/mol. The van der Waals surface area contributed by atoms with E-state index in [2.05, 4.69) is 34.2 Å². The van der Waals surface area contributed by atoms with E-state index in [-0.39, 0.29) is 12.0 Å². The summed E-state index contributed by atoms with van der Waals surface area (Å²) in [6.45, 7) is 2.52. The highest BCUT2D eigenvalue weighted by Gasteiger charge is 2.14. The van der Waals surface area contributed by atoms with Gasteiger partial charge in [0.2, 0.25) is 0 Å². The first-order valence-corrected chi connectivity index (χ1v) is 7.84. The lowest BCUT2D eigenvalue weighted by atomic mass is 10.2. The normalized spacial score (nSPS) is 12.2. The minimum absolute atomic E-state index is 0.0900. The second kappa shape index (κ2) is 7.02. The fourth-order valence-electron chi connectivity index (χ4n) is 1.82. The maximum atomic E-state index is 12.0. The van der Waals surface area contributed by atoms with Crippen molar-refractivity contribution < 1.29 is 9.53 Å². The van der Waals surface area contributed by atoms with Crippen molar-refractivity contribution in [3.8, 4) is 0 Å². The van der Waals surface area contributed by atoms with Crippen LogP contribution in [0.1, 0.15) is 26.2 Å². The van der Waals surface area contributed by atoms with Gasteiger partial charge in [-0.15, -0.1) is 11.3 Å². The summed E-state index contributed by atoms with van der Waals surface area (Å²) in [5, 5.41) is 2.90. The van der Waals surface area contributed by atoms with Gasteiger partial charge in [-0.3, -0.25) is 4.79 Å². The van der Waals surface area contributed by atoms with Gasteiger partial charge in [0, 0.05) is 33.4 Å². The highest BCUT2D eigenvalue weighted by atomic mass is 79.9. The van der Waals surface area contributed by atoms with Crippen molar-refractivity contribution >= 4 is 33.2 Å². The molecular weight excluding hydrogens is 338 g/mol. The van der Waals surface area contributed by atoms with E-state index in [0.717, 1.165) is 9.35 Å². The van der Waals surface area contributed by atoms with Crippen LogP contribution >= 0.6 is 27.3 Å². The summed E-state index contributed by atoms with van der Waals surface area (Å²) in [5.74, 6) is -0.0900. The summed E-state index contributed by atoms with van der Waals surface area (Å²) in [6.07, 6.45) is -0.104. The number of benzene rings is 1. The Kier molecular flexibility index (Phi) is 5.34. The molecule has 1 aromatic carbocycles. The molecule has 0 saturated carbocycles. The Bertz CT molecular complexity index is 580. The molecule has 1 unspecified atom stereocenters. The number of ether oxygens (including phenoxy) is 1. The number of halogens is 1. The van der Waals surface area contributed by atoms with E-state index in [9.17, 15) is 4.79 Å². The molecule has 0 aliphatic heterocycles. The van der Waals surface area contributed by atoms with Gasteiger partial charge in [0.25, 0.3) is 5.91 Å². The number of hydrogen-bond acceptors (Lipinski definition) is 3. The third-order valence-electron chi connectivity index (χ3n) is 2.92. The number of methoxy groups -OCH3 is 1. The van der Waals surface area contributed by atoms with Gasteiger partial charge in [0.05, 0.1) is 0 Å². The van der Waals surface area contributed by atoms with Gasteiger partial charge in [-0.1, -0.05) is 15.9 Å². The average molecular weight is 354 g/mol. The summed E-state index contributed by atoms with van der Waals surface area (Å²) in [4.78, 5) is 14.4. The van der Waals surface area contributed by atoms with Crippen molar-refractivity contribution in [3.63, 3.8) is 0 Å². The van der Waals surface area contributed by atoms with Crippen molar-refractivity contribution in [3.05, 3.63) is 56.2 Å². The molecule has 0 fully saturated rings. The first-order valence-electron chi connectivity index (χ1n) is 6.23. The van der Waals surface area contributed by atoms with Crippen LogP contribution in [0.25, 0.3) is 0 Å². The molecule has 1 N–H and O–H groups in total. The van der Waals surface area contributed by atoms with Gasteiger partial charge in [0.1, 0.15) is 6.10 Å². The van der Waals surface area contributed by atoms with Crippen LogP contribution in [0.4, 0.5) is 0 Å². The van der Waals surface area contributed by atoms with Crippen molar-refractivity contribution in [2.75, 3.05) is 13.7 Å². The summed E-state index contributed by atoms with van der Waals surface area (Å²) in [6, 6.07) is 11.4. The maximum Gasteiger partial charge on any atom is 0.251 e. The topological polar surface area (TPSA) is 38.3 Å². The second-order valence-electron chi connectivity index (χ2n) is 4.39. The Labute approximate surface area is 131 Å². The van der Waals surface area contributed by atoms with Gasteiger partial charge < -0.3 is 10.1 Å². The molecule has 2 rings (SSSR count). The third kappa shape index (κ3) is 3.91. The van der Waals surface area contributed by atoms with Gasteiger partial charge in [-0.2, -0.15) is 0 Å². The van der Waals surface area contributed by atoms with Gasteiger partial charge in [0.15, 0.2) is 0 Å². The van der Waals surface area contributed by atoms with Crippen LogP contribution in [0.2, 0.25) is 0 Å². The number of carbonyl (C=O) groups excluding carboxylic acids is 1. The molecule has 0 radical (unpaired) electrons. The van der Waals surface area contributed by atoms with Crippen LogP contribution < -0.4 is 5.32 Å². The molecule has 5 heteroatoms. The lowest BCUT2D eigenvalue weighted by molar-refractivity contribution is 0.0837. The number of hydrogen-bond donors (Lipinski definition) is 1. The third-order valence-corrected chi connectivity index (χ3v) is 4.54. The zero-order valence-corrected chi connectivity index (χ0v) is 13.8. The molecule has 0 saturated heterocycles. The van der Waals surface area contributed by atoms with Gasteiger partial charge in [-0.05, 0) is 43.3 Å². The number of nitrogens with one attached hydrogen (secondary N) is 1. The molecule has 0 spiro atoms. The highest BCUT2D eigenvalue weighted by molar-refractivity contribution is 9.10. The fourth-order valence-corrected chi connectivity index (χ4v) is 3.03. The van der Waals surface area contributed by atoms with E-state index in [0.29, 0.717) is 12.1 Å². The average Bonchev–Trinajstić information content (AvgIpc) is 2.86. The van der Waals surface area contributed by atoms with Crippen LogP contribution in [0.15, 0.2) is 40.9 Å². The van der Waals surface area contributed by atoms with Gasteiger partial charge >= 0.3 is 0 Å². The van der Waals surface area contributed by atoms with Crippen LogP contribution in [0, 0.1) is 6.92 Å². The van der Waals surface area contributed by atoms with E-state index in [1.54, 1.807) is 30.6 Å². The predicted octanol–water partition coefficient (Wildman–Crippen LogP) is 3.94. The van der Waals surface area contributed by atoms with Crippen LogP contribution in [0.5, 0.6) is 0 Å². The molecule has 2 aromatic rings. The molecule has 1 amide bonds. The van der Waals surface area contributed by atoms with E-state index in [1.165, 1.54) is 4.88 Å². The van der Waals surface area contributed by atoms with Crippen molar-refractivity contribution in [1.82, 2.24) is 5.32 Å². The number of amides is 1. The minimum atomic E-state index is -0.104. The first-order chi connectivity index (χ1) is 9.60. The van der Waals surface area contributed by atoms with E-state index in [4.69, 9.17) is 4.74 Å². The smallest absolute Gasteiger partial charge is 0.251 e. The summed E-state index contributed by atoms with van der Waals surface area (Å²) in [5.41, 5.74) is 0.644.